The molecule has 14 heteroatoms. The molecule has 0 amide bonds. The van der Waals surface area contributed by atoms with Crippen LogP contribution in [-0.2, 0) is 14.3 Å². The first-order valence-corrected chi connectivity index (χ1v) is 12.2. The quantitative estimate of drug-likeness (QED) is 0.284. The van der Waals surface area contributed by atoms with E-state index in [2.05, 4.69) is 10.3 Å². The average molecular weight is 575 g/mol. The monoisotopic (exact) mass is 574 g/mol. The minimum Gasteiger partial charge on any atom is -0.462 e. The molecule has 0 aliphatic heterocycles. The first kappa shape index (κ1) is 29.1. The van der Waals surface area contributed by atoms with Crippen LogP contribution in [0.5, 0.6) is 0 Å². The normalized spacial score (nSPS) is 12.0. The molecule has 1 atom stereocenters. The SMILES string of the molecule is CCOC(=O)c1cn(-c2nc(N)c(F)cc2F)c2c(Cl)c(NCC(CCl)OC(=O)C(C)C)c(F)cc2c1=O. The van der Waals surface area contributed by atoms with Crippen molar-refractivity contribution in [2.24, 2.45) is 5.92 Å². The number of aromatic nitrogens is 2. The molecule has 3 rings (SSSR count). The van der Waals surface area contributed by atoms with Gasteiger partial charge in [0.25, 0.3) is 0 Å². The second kappa shape index (κ2) is 11.9. The molecule has 0 radical (unpaired) electrons. The van der Waals surface area contributed by atoms with Gasteiger partial charge < -0.3 is 20.5 Å². The molecule has 0 saturated heterocycles. The predicted octanol–water partition coefficient (Wildman–Crippen LogP) is 4.43. The van der Waals surface area contributed by atoms with Crippen molar-refractivity contribution in [3.63, 3.8) is 0 Å². The van der Waals surface area contributed by atoms with E-state index < -0.39 is 74.4 Å². The van der Waals surface area contributed by atoms with Gasteiger partial charge in [0, 0.05) is 12.3 Å². The number of nitrogen functional groups attached to an aromatic ring is 1. The maximum absolute atomic E-state index is 15.2. The van der Waals surface area contributed by atoms with Gasteiger partial charge in [-0.1, -0.05) is 25.4 Å². The molecule has 204 valence electrons. The van der Waals surface area contributed by atoms with E-state index in [1.807, 2.05) is 0 Å². The minimum absolute atomic E-state index is 0.0898. The van der Waals surface area contributed by atoms with Gasteiger partial charge in [-0.05, 0) is 13.0 Å². The van der Waals surface area contributed by atoms with Crippen LogP contribution in [0.3, 0.4) is 0 Å². The van der Waals surface area contributed by atoms with Gasteiger partial charge in [-0.25, -0.2) is 22.9 Å². The number of ether oxygens (including phenoxy) is 2. The zero-order chi connectivity index (χ0) is 28.3. The molecule has 3 N–H and O–H groups in total. The number of nitrogens with zero attached hydrogens (tertiary/aromatic N) is 2. The Morgan fingerprint density at radius 2 is 1.87 bits per heavy atom. The van der Waals surface area contributed by atoms with Crippen LogP contribution >= 0.6 is 23.2 Å². The Balaban J connectivity index is 2.25. The molecule has 38 heavy (non-hydrogen) atoms. The molecule has 2 heterocycles. The Bertz CT molecular complexity index is 1470. The number of nitrogens with two attached hydrogens (primary N) is 1. The lowest BCUT2D eigenvalue weighted by atomic mass is 10.1. The number of benzene rings is 1. The molecule has 0 fully saturated rings. The number of halogens is 5. The first-order valence-electron chi connectivity index (χ1n) is 11.3. The number of rotatable bonds is 9. The Morgan fingerprint density at radius 3 is 2.47 bits per heavy atom. The minimum atomic E-state index is -1.21. The summed E-state index contributed by atoms with van der Waals surface area (Å²) in [5.41, 5.74) is 3.36. The van der Waals surface area contributed by atoms with E-state index in [0.29, 0.717) is 6.07 Å². The highest BCUT2D eigenvalue weighted by Gasteiger charge is 2.25. The summed E-state index contributed by atoms with van der Waals surface area (Å²) in [7, 11) is 0. The summed E-state index contributed by atoms with van der Waals surface area (Å²) in [5, 5.41) is 1.85. The summed E-state index contributed by atoms with van der Waals surface area (Å²) in [4.78, 5) is 41.2. The number of alkyl halides is 1. The molecular weight excluding hydrogens is 552 g/mol. The topological polar surface area (TPSA) is 126 Å². The number of carbonyl (C=O) groups excluding carboxylic acids is 2. The second-order valence-electron chi connectivity index (χ2n) is 8.32. The van der Waals surface area contributed by atoms with Crippen LogP contribution in [0.4, 0.5) is 24.7 Å². The van der Waals surface area contributed by atoms with Crippen LogP contribution in [-0.4, -0.2) is 46.6 Å². The van der Waals surface area contributed by atoms with Crippen LogP contribution in [0.2, 0.25) is 5.02 Å². The van der Waals surface area contributed by atoms with E-state index in [1.54, 1.807) is 13.8 Å². The third-order valence-electron chi connectivity index (χ3n) is 5.28. The molecule has 0 aliphatic rings. The summed E-state index contributed by atoms with van der Waals surface area (Å²) in [5.74, 6) is -6.84. The van der Waals surface area contributed by atoms with E-state index in [-0.39, 0.29) is 30.2 Å². The summed E-state index contributed by atoms with van der Waals surface area (Å²) in [6, 6.07) is 1.24. The highest BCUT2D eigenvalue weighted by molar-refractivity contribution is 6.38. The van der Waals surface area contributed by atoms with Gasteiger partial charge in [-0.2, -0.15) is 0 Å². The van der Waals surface area contributed by atoms with Crippen molar-refractivity contribution in [3.8, 4) is 5.82 Å². The molecule has 0 aliphatic carbocycles. The van der Waals surface area contributed by atoms with Gasteiger partial charge in [0.15, 0.2) is 23.3 Å². The van der Waals surface area contributed by atoms with E-state index in [9.17, 15) is 23.2 Å². The third kappa shape index (κ3) is 5.81. The van der Waals surface area contributed by atoms with Crippen molar-refractivity contribution in [1.29, 1.82) is 0 Å². The lowest BCUT2D eigenvalue weighted by Gasteiger charge is -2.20. The maximum atomic E-state index is 15.2. The highest BCUT2D eigenvalue weighted by Crippen LogP contribution is 2.35. The molecule has 9 nitrogen and oxygen atoms in total. The lowest BCUT2D eigenvalue weighted by Crippen LogP contribution is -2.30. The van der Waals surface area contributed by atoms with Gasteiger partial charge in [-0.3, -0.25) is 14.2 Å². The molecule has 0 spiro atoms. The Kier molecular flexibility index (Phi) is 9.10. The number of hydrogen-bond donors (Lipinski definition) is 2. The number of nitrogens with one attached hydrogen (secondary N) is 1. The number of hydrogen-bond acceptors (Lipinski definition) is 8. The van der Waals surface area contributed by atoms with Gasteiger partial charge in [-0.15, -0.1) is 11.6 Å². The largest absolute Gasteiger partial charge is 0.462 e. The third-order valence-corrected chi connectivity index (χ3v) is 5.99. The summed E-state index contributed by atoms with van der Waals surface area (Å²) in [6.07, 6.45) is 0.0208. The molecular formula is C24H23Cl2F3N4O5. The van der Waals surface area contributed by atoms with Crippen LogP contribution in [0.1, 0.15) is 31.1 Å². The molecule has 1 unspecified atom stereocenters. The van der Waals surface area contributed by atoms with Crippen molar-refractivity contribution in [2.45, 2.75) is 26.9 Å². The summed E-state index contributed by atoms with van der Waals surface area (Å²) < 4.78 is 54.9. The smallest absolute Gasteiger partial charge is 0.343 e. The summed E-state index contributed by atoms with van der Waals surface area (Å²) >= 11 is 12.4. The van der Waals surface area contributed by atoms with Crippen LogP contribution in [0.15, 0.2) is 23.1 Å². The number of fused-ring (bicyclic) bond motifs is 1. The highest BCUT2D eigenvalue weighted by atomic mass is 35.5. The van der Waals surface area contributed by atoms with E-state index in [1.165, 1.54) is 6.92 Å². The van der Waals surface area contributed by atoms with Crippen LogP contribution in [0, 0.1) is 23.4 Å². The Morgan fingerprint density at radius 1 is 1.18 bits per heavy atom. The fraction of sp³-hybridized carbons (Fsp3) is 0.333. The van der Waals surface area contributed by atoms with Crippen molar-refractivity contribution < 1.29 is 32.2 Å². The molecule has 0 bridgehead atoms. The lowest BCUT2D eigenvalue weighted by molar-refractivity contribution is -0.151. The molecule has 3 aromatic rings. The maximum Gasteiger partial charge on any atom is 0.343 e. The Labute approximate surface area is 224 Å². The van der Waals surface area contributed by atoms with Crippen LogP contribution in [0.25, 0.3) is 16.7 Å². The van der Waals surface area contributed by atoms with Gasteiger partial charge >= 0.3 is 11.9 Å². The summed E-state index contributed by atoms with van der Waals surface area (Å²) in [6.45, 7) is 4.49. The van der Waals surface area contributed by atoms with Crippen molar-refractivity contribution in [1.82, 2.24) is 9.55 Å². The number of carbonyl (C=O) groups is 2. The van der Waals surface area contributed by atoms with Gasteiger partial charge in [0.1, 0.15) is 17.5 Å². The van der Waals surface area contributed by atoms with Gasteiger partial charge in [0.05, 0.1) is 46.6 Å². The zero-order valence-electron chi connectivity index (χ0n) is 20.4. The zero-order valence-corrected chi connectivity index (χ0v) is 21.9. The molecule has 2 aromatic heterocycles. The van der Waals surface area contributed by atoms with Crippen molar-refractivity contribution >= 4 is 57.5 Å². The van der Waals surface area contributed by atoms with Crippen molar-refractivity contribution in [2.75, 3.05) is 30.1 Å². The molecule has 0 saturated carbocycles. The van der Waals surface area contributed by atoms with E-state index in [0.717, 1.165) is 16.8 Å². The standard InChI is InChI=1S/C24H23Cl2F3N4O5/c1-4-37-24(36)13-9-33(22-16(29)6-15(28)21(30)32-22)19-12(20(13)34)5-14(27)18(17(19)26)31-8-11(7-25)38-23(35)10(2)3/h5-6,9-11,31H,4,7-8H2,1-3H3,(H2,30,32). The number of esters is 2. The Hall–Kier alpha value is -3.51. The van der Waals surface area contributed by atoms with Crippen LogP contribution < -0.4 is 16.5 Å². The van der Waals surface area contributed by atoms with Crippen molar-refractivity contribution in [3.05, 3.63) is 56.6 Å². The fourth-order valence-electron chi connectivity index (χ4n) is 3.38. The van der Waals surface area contributed by atoms with Gasteiger partial charge in [0.2, 0.25) is 5.43 Å². The first-order chi connectivity index (χ1) is 17.9. The molecule has 1 aromatic carbocycles. The number of pyridine rings is 2. The predicted molar refractivity (Wildman–Crippen MR) is 137 cm³/mol. The fourth-order valence-corrected chi connectivity index (χ4v) is 3.90. The number of anilines is 2. The van der Waals surface area contributed by atoms with E-state index >= 15 is 4.39 Å². The second-order valence-corrected chi connectivity index (χ2v) is 9.00. The average Bonchev–Trinajstić information content (AvgIpc) is 2.85. The van der Waals surface area contributed by atoms with E-state index in [4.69, 9.17) is 38.4 Å².